The van der Waals surface area contributed by atoms with Crippen molar-refractivity contribution in [2.45, 2.75) is 0 Å². The second kappa shape index (κ2) is 8.57. The van der Waals surface area contributed by atoms with Gasteiger partial charge in [0.1, 0.15) is 5.75 Å². The summed E-state index contributed by atoms with van der Waals surface area (Å²) in [6.07, 6.45) is 0. The Kier molecular flexibility index (Phi) is 5.95. The number of thioether (sulfide) groups is 1. The van der Waals surface area contributed by atoms with Crippen LogP contribution < -0.4 is 15.5 Å². The molecule has 2 N–H and O–H groups in total. The van der Waals surface area contributed by atoms with Crippen LogP contribution in [0.4, 0.5) is 5.69 Å². The molecule has 3 amide bonds. The van der Waals surface area contributed by atoms with Gasteiger partial charge in [-0.3, -0.25) is 19.3 Å². The zero-order valence-corrected chi connectivity index (χ0v) is 16.1. The molecule has 144 valence electrons. The van der Waals surface area contributed by atoms with Gasteiger partial charge in [-0.2, -0.15) is 0 Å². The molecular weight excluding hydrogens is 380 g/mol. The van der Waals surface area contributed by atoms with Gasteiger partial charge in [0, 0.05) is 23.9 Å². The minimum absolute atomic E-state index is 0.0602. The Morgan fingerprint density at radius 1 is 1.04 bits per heavy atom. The van der Waals surface area contributed by atoms with Crippen molar-refractivity contribution in [1.82, 2.24) is 10.3 Å². The lowest BCUT2D eigenvalue weighted by Gasteiger charge is -2.09. The smallest absolute Gasteiger partial charge is 0.271 e. The Morgan fingerprint density at radius 3 is 2.21 bits per heavy atom. The van der Waals surface area contributed by atoms with Gasteiger partial charge in [-0.15, -0.1) is 5.10 Å². The molecule has 0 unspecified atom stereocenters. The number of hydrogen-bond acceptors (Lipinski definition) is 6. The van der Waals surface area contributed by atoms with E-state index in [0.29, 0.717) is 33.5 Å². The van der Waals surface area contributed by atoms with Crippen LogP contribution >= 0.6 is 11.8 Å². The Bertz CT molecular complexity index is 926. The Labute approximate surface area is 165 Å². The molecule has 0 atom stereocenters. The SMILES string of the molecule is COc1ccc(C(=O)Nc2ccc(C(=O)N/N=C3\SCC(=O)N3C)cc2)cc1. The molecule has 0 spiro atoms. The van der Waals surface area contributed by atoms with Crippen LogP contribution in [0.3, 0.4) is 0 Å². The third kappa shape index (κ3) is 4.49. The highest BCUT2D eigenvalue weighted by Gasteiger charge is 2.24. The van der Waals surface area contributed by atoms with Crippen molar-refractivity contribution >= 4 is 40.3 Å². The molecule has 1 aliphatic rings. The van der Waals surface area contributed by atoms with E-state index in [1.165, 1.54) is 16.7 Å². The fraction of sp³-hybridized carbons (Fsp3) is 0.158. The second-order valence-electron chi connectivity index (χ2n) is 5.84. The number of hydrogen-bond donors (Lipinski definition) is 2. The number of nitrogens with one attached hydrogen (secondary N) is 2. The van der Waals surface area contributed by atoms with Gasteiger partial charge < -0.3 is 10.1 Å². The summed E-state index contributed by atoms with van der Waals surface area (Å²) in [4.78, 5) is 37.3. The molecule has 1 saturated heterocycles. The molecule has 2 aromatic rings. The van der Waals surface area contributed by atoms with Gasteiger partial charge in [0.15, 0.2) is 5.17 Å². The number of carbonyl (C=O) groups is 3. The number of benzene rings is 2. The van der Waals surface area contributed by atoms with Gasteiger partial charge in [-0.05, 0) is 48.5 Å². The number of methoxy groups -OCH3 is 1. The van der Waals surface area contributed by atoms with Crippen molar-refractivity contribution in [1.29, 1.82) is 0 Å². The first kappa shape index (κ1) is 19.4. The summed E-state index contributed by atoms with van der Waals surface area (Å²) in [6.45, 7) is 0. The van der Waals surface area contributed by atoms with Crippen molar-refractivity contribution in [3.05, 3.63) is 59.7 Å². The van der Waals surface area contributed by atoms with Crippen LogP contribution in [0.2, 0.25) is 0 Å². The molecule has 2 aromatic carbocycles. The van der Waals surface area contributed by atoms with Crippen LogP contribution in [0.25, 0.3) is 0 Å². The minimum Gasteiger partial charge on any atom is -0.497 e. The van der Waals surface area contributed by atoms with Crippen LogP contribution in [-0.2, 0) is 4.79 Å². The first-order valence-electron chi connectivity index (χ1n) is 8.31. The highest BCUT2D eigenvalue weighted by atomic mass is 32.2. The van der Waals surface area contributed by atoms with Gasteiger partial charge >= 0.3 is 0 Å². The van der Waals surface area contributed by atoms with Crippen molar-refractivity contribution in [2.24, 2.45) is 5.10 Å². The van der Waals surface area contributed by atoms with E-state index in [1.54, 1.807) is 62.7 Å². The highest BCUT2D eigenvalue weighted by molar-refractivity contribution is 8.15. The fourth-order valence-electron chi connectivity index (χ4n) is 2.35. The molecule has 8 nitrogen and oxygen atoms in total. The molecule has 0 aliphatic carbocycles. The summed E-state index contributed by atoms with van der Waals surface area (Å²) >= 11 is 1.26. The maximum Gasteiger partial charge on any atom is 0.271 e. The van der Waals surface area contributed by atoms with Gasteiger partial charge in [0.05, 0.1) is 12.9 Å². The lowest BCUT2D eigenvalue weighted by atomic mass is 10.1. The summed E-state index contributed by atoms with van der Waals surface area (Å²) in [5.74, 6) is 0.247. The second-order valence-corrected chi connectivity index (χ2v) is 6.78. The average molecular weight is 398 g/mol. The lowest BCUT2D eigenvalue weighted by molar-refractivity contribution is -0.123. The van der Waals surface area contributed by atoms with E-state index < -0.39 is 5.91 Å². The van der Waals surface area contributed by atoms with Gasteiger partial charge in [-0.1, -0.05) is 11.8 Å². The van der Waals surface area contributed by atoms with Crippen molar-refractivity contribution in [3.63, 3.8) is 0 Å². The molecule has 1 heterocycles. The maximum absolute atomic E-state index is 12.3. The summed E-state index contributed by atoms with van der Waals surface area (Å²) in [6, 6.07) is 13.2. The average Bonchev–Trinajstić information content (AvgIpc) is 3.04. The molecule has 1 fully saturated rings. The van der Waals surface area contributed by atoms with Crippen LogP contribution in [-0.4, -0.2) is 47.7 Å². The number of carbonyl (C=O) groups excluding carboxylic acids is 3. The number of hydrazone groups is 1. The third-order valence-corrected chi connectivity index (χ3v) is 5.01. The molecule has 0 saturated carbocycles. The van der Waals surface area contributed by atoms with E-state index in [9.17, 15) is 14.4 Å². The molecule has 28 heavy (non-hydrogen) atoms. The van der Waals surface area contributed by atoms with Crippen LogP contribution in [0.5, 0.6) is 5.75 Å². The van der Waals surface area contributed by atoms with Crippen molar-refractivity contribution < 1.29 is 19.1 Å². The van der Waals surface area contributed by atoms with E-state index in [-0.39, 0.29) is 11.8 Å². The maximum atomic E-state index is 12.3. The number of ether oxygens (including phenoxy) is 1. The zero-order valence-electron chi connectivity index (χ0n) is 15.3. The van der Waals surface area contributed by atoms with E-state index in [2.05, 4.69) is 15.8 Å². The standard InChI is InChI=1S/C19H18N4O4S/c1-23-16(24)11-28-19(23)22-21-18(26)13-3-7-14(8-4-13)20-17(25)12-5-9-15(27-2)10-6-12/h3-10H,11H2,1-2H3,(H,20,25)(H,21,26)/b22-19-. The Morgan fingerprint density at radius 2 is 1.64 bits per heavy atom. The van der Waals surface area contributed by atoms with E-state index in [1.807, 2.05) is 0 Å². The van der Waals surface area contributed by atoms with E-state index in [0.717, 1.165) is 0 Å². The summed E-state index contributed by atoms with van der Waals surface area (Å²) < 4.78 is 5.07. The van der Waals surface area contributed by atoms with Crippen molar-refractivity contribution in [3.8, 4) is 5.75 Å². The summed E-state index contributed by atoms with van der Waals surface area (Å²) in [7, 11) is 3.16. The number of nitrogens with zero attached hydrogens (tertiary/aromatic N) is 2. The number of rotatable bonds is 5. The normalized spacial score (nSPS) is 14.9. The minimum atomic E-state index is -0.408. The monoisotopic (exact) mass is 398 g/mol. The molecule has 0 bridgehead atoms. The number of amidine groups is 1. The summed E-state index contributed by atoms with van der Waals surface area (Å²) in [5.41, 5.74) is 3.85. The lowest BCUT2D eigenvalue weighted by Crippen LogP contribution is -2.27. The quantitative estimate of drug-likeness (QED) is 0.752. The molecule has 0 radical (unpaired) electrons. The molecule has 1 aliphatic heterocycles. The molecule has 3 rings (SSSR count). The number of amides is 3. The third-order valence-electron chi connectivity index (χ3n) is 4.00. The van der Waals surface area contributed by atoms with E-state index >= 15 is 0 Å². The van der Waals surface area contributed by atoms with E-state index in [4.69, 9.17) is 4.74 Å². The Hall–Kier alpha value is -3.33. The molecule has 9 heteroatoms. The zero-order chi connectivity index (χ0) is 20.1. The van der Waals surface area contributed by atoms with Crippen LogP contribution in [0.1, 0.15) is 20.7 Å². The first-order valence-corrected chi connectivity index (χ1v) is 9.29. The van der Waals surface area contributed by atoms with Gasteiger partial charge in [0.25, 0.3) is 11.8 Å². The molecule has 0 aromatic heterocycles. The largest absolute Gasteiger partial charge is 0.497 e. The van der Waals surface area contributed by atoms with Crippen molar-refractivity contribution in [2.75, 3.05) is 25.2 Å². The predicted molar refractivity (Wildman–Crippen MR) is 108 cm³/mol. The number of anilines is 1. The fourth-order valence-corrected chi connectivity index (χ4v) is 3.20. The topological polar surface area (TPSA) is 100 Å². The van der Waals surface area contributed by atoms with Gasteiger partial charge in [-0.25, -0.2) is 5.43 Å². The molecular formula is C19H18N4O4S. The van der Waals surface area contributed by atoms with Crippen LogP contribution in [0, 0.1) is 0 Å². The van der Waals surface area contributed by atoms with Gasteiger partial charge in [0.2, 0.25) is 5.91 Å². The Balaban J connectivity index is 1.59. The first-order chi connectivity index (χ1) is 13.5. The van der Waals surface area contributed by atoms with Crippen LogP contribution in [0.15, 0.2) is 53.6 Å². The highest BCUT2D eigenvalue weighted by Crippen LogP contribution is 2.17. The summed E-state index contributed by atoms with van der Waals surface area (Å²) in [5, 5.41) is 7.17. The predicted octanol–water partition coefficient (Wildman–Crippen LogP) is 2.15.